The Balaban J connectivity index is 2.41. The van der Waals surface area contributed by atoms with Crippen molar-refractivity contribution in [3.05, 3.63) is 23.8 Å². The summed E-state index contributed by atoms with van der Waals surface area (Å²) in [5, 5.41) is 0. The number of carbonyl (C=O) groups excluding carboxylic acids is 1. The highest BCUT2D eigenvalue weighted by Crippen LogP contribution is 2.34. The molecule has 1 aliphatic heterocycles. The van der Waals surface area contributed by atoms with Crippen LogP contribution in [-0.4, -0.2) is 25.2 Å². The molecule has 0 spiro atoms. The van der Waals surface area contributed by atoms with Crippen LogP contribution in [0.15, 0.2) is 18.2 Å². The number of hydrogen-bond acceptors (Lipinski definition) is 4. The lowest BCUT2D eigenvalue weighted by molar-refractivity contribution is 0.0527. The Kier molecular flexibility index (Phi) is 4.53. The number of nitrogens with two attached hydrogens (primary N) is 1. The highest BCUT2D eigenvalue weighted by Gasteiger charge is 2.28. The lowest BCUT2D eigenvalue weighted by atomic mass is 9.93. The van der Waals surface area contributed by atoms with Crippen LogP contribution in [0.2, 0.25) is 0 Å². The van der Waals surface area contributed by atoms with Crippen molar-refractivity contribution in [1.29, 1.82) is 0 Å². The smallest absolute Gasteiger partial charge is 0.340 e. The van der Waals surface area contributed by atoms with E-state index in [1.54, 1.807) is 6.07 Å². The second-order valence-corrected chi connectivity index (χ2v) is 5.65. The van der Waals surface area contributed by atoms with E-state index >= 15 is 0 Å². The van der Waals surface area contributed by atoms with Crippen LogP contribution < -0.4 is 10.6 Å². The Morgan fingerprint density at radius 1 is 1.40 bits per heavy atom. The summed E-state index contributed by atoms with van der Waals surface area (Å²) in [6.45, 7) is 7.55. The van der Waals surface area contributed by atoms with Crippen LogP contribution in [0.25, 0.3) is 0 Å². The molecule has 1 saturated heterocycles. The minimum absolute atomic E-state index is 0.291. The van der Waals surface area contributed by atoms with Gasteiger partial charge in [0.25, 0.3) is 0 Å². The minimum Gasteiger partial charge on any atom is -0.462 e. The van der Waals surface area contributed by atoms with E-state index in [4.69, 9.17) is 10.5 Å². The number of carbonyl (C=O) groups is 1. The SMILES string of the molecule is CCOC(=O)c1cccc(N)c1N1CC(C)CCC1C. The van der Waals surface area contributed by atoms with Crippen molar-refractivity contribution in [2.24, 2.45) is 5.92 Å². The lowest BCUT2D eigenvalue weighted by Crippen LogP contribution is -2.42. The van der Waals surface area contributed by atoms with Crippen LogP contribution in [0, 0.1) is 5.92 Å². The van der Waals surface area contributed by atoms with E-state index in [0.717, 1.165) is 18.7 Å². The van der Waals surface area contributed by atoms with E-state index in [2.05, 4.69) is 18.7 Å². The van der Waals surface area contributed by atoms with Gasteiger partial charge in [0.2, 0.25) is 0 Å². The molecule has 0 aromatic heterocycles. The fourth-order valence-corrected chi connectivity index (χ4v) is 2.86. The average Bonchev–Trinajstić information content (AvgIpc) is 2.42. The topological polar surface area (TPSA) is 55.6 Å². The van der Waals surface area contributed by atoms with Gasteiger partial charge < -0.3 is 15.4 Å². The molecule has 20 heavy (non-hydrogen) atoms. The highest BCUT2D eigenvalue weighted by molar-refractivity contribution is 5.99. The Morgan fingerprint density at radius 3 is 2.85 bits per heavy atom. The number of anilines is 2. The van der Waals surface area contributed by atoms with Crippen molar-refractivity contribution in [3.8, 4) is 0 Å². The average molecular weight is 276 g/mol. The molecular weight excluding hydrogens is 252 g/mol. The lowest BCUT2D eigenvalue weighted by Gasteiger charge is -2.39. The van der Waals surface area contributed by atoms with E-state index in [9.17, 15) is 4.79 Å². The first-order valence-electron chi connectivity index (χ1n) is 7.36. The zero-order chi connectivity index (χ0) is 14.7. The first kappa shape index (κ1) is 14.7. The first-order valence-corrected chi connectivity index (χ1v) is 7.36. The van der Waals surface area contributed by atoms with Crippen molar-refractivity contribution in [3.63, 3.8) is 0 Å². The Bertz CT molecular complexity index is 487. The number of piperidine rings is 1. The van der Waals surface area contributed by atoms with E-state index in [0.29, 0.717) is 29.8 Å². The largest absolute Gasteiger partial charge is 0.462 e. The third kappa shape index (κ3) is 2.89. The molecule has 1 heterocycles. The molecule has 1 fully saturated rings. The predicted molar refractivity (Wildman–Crippen MR) is 82.0 cm³/mol. The van der Waals surface area contributed by atoms with Crippen LogP contribution >= 0.6 is 0 Å². The number of benzene rings is 1. The Morgan fingerprint density at radius 2 is 2.15 bits per heavy atom. The summed E-state index contributed by atoms with van der Waals surface area (Å²) in [5.41, 5.74) is 8.21. The standard InChI is InChI=1S/C16H24N2O2/c1-4-20-16(19)13-6-5-7-14(17)15(13)18-10-11(2)8-9-12(18)3/h5-7,11-12H,4,8-10,17H2,1-3H3. The molecule has 0 saturated carbocycles. The number of esters is 1. The number of rotatable bonds is 3. The molecule has 4 heteroatoms. The van der Waals surface area contributed by atoms with Crippen LogP contribution in [0.4, 0.5) is 11.4 Å². The van der Waals surface area contributed by atoms with Crippen LogP contribution in [0.5, 0.6) is 0 Å². The molecule has 2 unspecified atom stereocenters. The molecule has 110 valence electrons. The maximum atomic E-state index is 12.1. The van der Waals surface area contributed by atoms with E-state index in [1.807, 2.05) is 19.1 Å². The van der Waals surface area contributed by atoms with Gasteiger partial charge in [0.1, 0.15) is 0 Å². The maximum absolute atomic E-state index is 12.1. The summed E-state index contributed by atoms with van der Waals surface area (Å²) in [6.07, 6.45) is 2.34. The summed E-state index contributed by atoms with van der Waals surface area (Å²) >= 11 is 0. The monoisotopic (exact) mass is 276 g/mol. The third-order valence-corrected chi connectivity index (χ3v) is 3.97. The molecule has 1 aliphatic rings. The second-order valence-electron chi connectivity index (χ2n) is 5.65. The van der Waals surface area contributed by atoms with E-state index in [1.165, 1.54) is 6.42 Å². The third-order valence-electron chi connectivity index (χ3n) is 3.97. The molecule has 0 amide bonds. The number of nitrogens with zero attached hydrogens (tertiary/aromatic N) is 1. The van der Waals surface area contributed by atoms with Crippen molar-refractivity contribution >= 4 is 17.3 Å². The van der Waals surface area contributed by atoms with Gasteiger partial charge in [-0.15, -0.1) is 0 Å². The molecule has 2 atom stereocenters. The number of ether oxygens (including phenoxy) is 1. The van der Waals surface area contributed by atoms with Gasteiger partial charge in [0.15, 0.2) is 0 Å². The quantitative estimate of drug-likeness (QED) is 0.681. The van der Waals surface area contributed by atoms with E-state index in [-0.39, 0.29) is 5.97 Å². The second kappa shape index (κ2) is 6.16. The Labute approximate surface area is 120 Å². The summed E-state index contributed by atoms with van der Waals surface area (Å²) in [6, 6.07) is 5.85. The summed E-state index contributed by atoms with van der Waals surface area (Å²) in [5.74, 6) is 0.320. The summed E-state index contributed by atoms with van der Waals surface area (Å²) in [7, 11) is 0. The van der Waals surface area contributed by atoms with Crippen molar-refractivity contribution in [2.45, 2.75) is 39.7 Å². The molecule has 4 nitrogen and oxygen atoms in total. The van der Waals surface area contributed by atoms with Crippen LogP contribution in [-0.2, 0) is 4.74 Å². The molecule has 2 rings (SSSR count). The zero-order valence-corrected chi connectivity index (χ0v) is 12.6. The molecule has 2 N–H and O–H groups in total. The number of hydrogen-bond donors (Lipinski definition) is 1. The van der Waals surface area contributed by atoms with Gasteiger partial charge >= 0.3 is 5.97 Å². The minimum atomic E-state index is -0.291. The Hall–Kier alpha value is -1.71. The zero-order valence-electron chi connectivity index (χ0n) is 12.6. The van der Waals surface area contributed by atoms with Crippen LogP contribution in [0.1, 0.15) is 44.0 Å². The van der Waals surface area contributed by atoms with Crippen molar-refractivity contribution < 1.29 is 9.53 Å². The van der Waals surface area contributed by atoms with Gasteiger partial charge in [-0.1, -0.05) is 13.0 Å². The number of para-hydroxylation sites is 1. The molecule has 0 bridgehead atoms. The highest BCUT2D eigenvalue weighted by atomic mass is 16.5. The summed E-state index contributed by atoms with van der Waals surface area (Å²) < 4.78 is 5.16. The van der Waals surface area contributed by atoms with Crippen molar-refractivity contribution in [2.75, 3.05) is 23.8 Å². The van der Waals surface area contributed by atoms with Gasteiger partial charge in [-0.2, -0.15) is 0 Å². The van der Waals surface area contributed by atoms with Gasteiger partial charge in [0, 0.05) is 12.6 Å². The van der Waals surface area contributed by atoms with Gasteiger partial charge in [0.05, 0.1) is 23.5 Å². The fraction of sp³-hybridized carbons (Fsp3) is 0.562. The van der Waals surface area contributed by atoms with Gasteiger partial charge in [-0.05, 0) is 44.7 Å². The van der Waals surface area contributed by atoms with Crippen LogP contribution in [0.3, 0.4) is 0 Å². The number of nitrogen functional groups attached to an aromatic ring is 1. The molecule has 1 aromatic carbocycles. The molecule has 1 aromatic rings. The fourth-order valence-electron chi connectivity index (χ4n) is 2.86. The normalized spacial score (nSPS) is 22.6. The molecular formula is C16H24N2O2. The maximum Gasteiger partial charge on any atom is 0.340 e. The van der Waals surface area contributed by atoms with E-state index < -0.39 is 0 Å². The van der Waals surface area contributed by atoms with Gasteiger partial charge in [-0.3, -0.25) is 0 Å². The molecule has 0 aliphatic carbocycles. The summed E-state index contributed by atoms with van der Waals surface area (Å²) in [4.78, 5) is 14.4. The van der Waals surface area contributed by atoms with Crippen molar-refractivity contribution in [1.82, 2.24) is 0 Å². The van der Waals surface area contributed by atoms with Gasteiger partial charge in [-0.25, -0.2) is 4.79 Å². The molecule has 0 radical (unpaired) electrons. The predicted octanol–water partition coefficient (Wildman–Crippen LogP) is 3.07. The first-order chi connectivity index (χ1) is 9.54.